The lowest BCUT2D eigenvalue weighted by Crippen LogP contribution is -2.42. The van der Waals surface area contributed by atoms with E-state index < -0.39 is 22.0 Å². The van der Waals surface area contributed by atoms with Gasteiger partial charge in [0.1, 0.15) is 6.04 Å². The van der Waals surface area contributed by atoms with Crippen LogP contribution in [0.4, 0.5) is 0 Å². The number of sulfonamides is 1. The Bertz CT molecular complexity index is 631. The molecule has 0 radical (unpaired) electrons. The Morgan fingerprint density at radius 1 is 1.30 bits per heavy atom. The highest BCUT2D eigenvalue weighted by Gasteiger charge is 2.41. The van der Waals surface area contributed by atoms with Crippen molar-refractivity contribution in [3.05, 3.63) is 28.8 Å². The molecule has 0 amide bonds. The summed E-state index contributed by atoms with van der Waals surface area (Å²) < 4.78 is 26.6. The van der Waals surface area contributed by atoms with Crippen LogP contribution in [0.1, 0.15) is 16.7 Å². The van der Waals surface area contributed by atoms with Gasteiger partial charge in [0.25, 0.3) is 0 Å². The molecule has 0 aromatic heterocycles. The van der Waals surface area contributed by atoms with Crippen LogP contribution >= 0.6 is 11.8 Å². The first kappa shape index (κ1) is 15.3. The molecule has 7 heteroatoms. The molecule has 1 fully saturated rings. The molecular formula is C13H17NO4S2. The first-order chi connectivity index (χ1) is 9.25. The number of thioether (sulfide) groups is 1. The van der Waals surface area contributed by atoms with Gasteiger partial charge in [-0.2, -0.15) is 4.31 Å². The van der Waals surface area contributed by atoms with Crippen molar-refractivity contribution in [3.8, 4) is 0 Å². The number of hydrogen-bond donors (Lipinski definition) is 1. The van der Waals surface area contributed by atoms with E-state index in [2.05, 4.69) is 0 Å². The molecule has 0 aliphatic carbocycles. The summed E-state index contributed by atoms with van der Waals surface area (Å²) in [6, 6.07) is 2.63. The Labute approximate surface area is 123 Å². The van der Waals surface area contributed by atoms with E-state index in [0.717, 1.165) is 9.87 Å². The van der Waals surface area contributed by atoms with Crippen LogP contribution in [0.2, 0.25) is 0 Å². The fourth-order valence-corrected chi connectivity index (χ4v) is 6.10. The molecule has 0 spiro atoms. The second-order valence-corrected chi connectivity index (χ2v) is 7.80. The second-order valence-electron chi connectivity index (χ2n) is 4.97. The molecule has 110 valence electrons. The number of benzene rings is 1. The van der Waals surface area contributed by atoms with Crippen LogP contribution in [0, 0.1) is 20.8 Å². The minimum Gasteiger partial charge on any atom is -0.480 e. The first-order valence-electron chi connectivity index (χ1n) is 6.15. The van der Waals surface area contributed by atoms with Crippen molar-refractivity contribution < 1.29 is 18.3 Å². The normalized spacial score (nSPS) is 20.2. The molecule has 0 saturated carbocycles. The highest BCUT2D eigenvalue weighted by Crippen LogP contribution is 2.32. The lowest BCUT2D eigenvalue weighted by atomic mass is 10.1. The average molecular weight is 315 g/mol. The van der Waals surface area contributed by atoms with Crippen molar-refractivity contribution in [2.45, 2.75) is 31.7 Å². The van der Waals surface area contributed by atoms with Crippen LogP contribution in [-0.4, -0.2) is 41.5 Å². The van der Waals surface area contributed by atoms with E-state index in [0.29, 0.717) is 16.9 Å². The van der Waals surface area contributed by atoms with Crippen LogP contribution in [0.25, 0.3) is 0 Å². The van der Waals surface area contributed by atoms with E-state index in [1.807, 2.05) is 6.92 Å². The summed E-state index contributed by atoms with van der Waals surface area (Å²) in [7, 11) is -3.78. The molecule has 1 aliphatic rings. The maximum atomic E-state index is 12.8. The number of hydrogen-bond acceptors (Lipinski definition) is 4. The summed E-state index contributed by atoms with van der Waals surface area (Å²) in [6.45, 7) is 5.39. The minimum atomic E-state index is -3.78. The van der Waals surface area contributed by atoms with Crippen molar-refractivity contribution in [2.24, 2.45) is 0 Å². The first-order valence-corrected chi connectivity index (χ1v) is 8.75. The summed E-state index contributed by atoms with van der Waals surface area (Å²) in [5.74, 6) is -0.620. The lowest BCUT2D eigenvalue weighted by molar-refractivity contribution is -0.140. The predicted molar refractivity (Wildman–Crippen MR) is 78.4 cm³/mol. The third-order valence-electron chi connectivity index (χ3n) is 3.30. The Hall–Kier alpha value is -1.05. The molecule has 1 aliphatic heterocycles. The van der Waals surface area contributed by atoms with Crippen LogP contribution in [-0.2, 0) is 14.8 Å². The molecule has 1 atom stereocenters. The van der Waals surface area contributed by atoms with Crippen molar-refractivity contribution in [3.63, 3.8) is 0 Å². The van der Waals surface area contributed by atoms with Gasteiger partial charge in [-0.3, -0.25) is 4.79 Å². The number of carboxylic acids is 1. The molecular weight excluding hydrogens is 298 g/mol. The third kappa shape index (κ3) is 2.57. The number of aryl methyl sites for hydroxylation is 3. The summed E-state index contributed by atoms with van der Waals surface area (Å²) >= 11 is 1.32. The van der Waals surface area contributed by atoms with E-state index in [4.69, 9.17) is 5.11 Å². The molecule has 0 bridgehead atoms. The zero-order chi connectivity index (χ0) is 15.1. The Morgan fingerprint density at radius 2 is 1.85 bits per heavy atom. The van der Waals surface area contributed by atoms with E-state index >= 15 is 0 Å². The fraction of sp³-hybridized carbons (Fsp3) is 0.462. The van der Waals surface area contributed by atoms with Crippen molar-refractivity contribution in [2.75, 3.05) is 11.6 Å². The molecule has 20 heavy (non-hydrogen) atoms. The number of rotatable bonds is 3. The predicted octanol–water partition coefficient (Wildman–Crippen LogP) is 1.76. The van der Waals surface area contributed by atoms with Gasteiger partial charge in [0.05, 0.1) is 10.8 Å². The lowest BCUT2D eigenvalue weighted by Gasteiger charge is -2.22. The van der Waals surface area contributed by atoms with Gasteiger partial charge < -0.3 is 5.11 Å². The maximum absolute atomic E-state index is 12.8. The molecule has 1 N–H and O–H groups in total. The average Bonchev–Trinajstić information content (AvgIpc) is 2.75. The van der Waals surface area contributed by atoms with Crippen LogP contribution < -0.4 is 0 Å². The Kier molecular flexibility index (Phi) is 4.13. The molecule has 1 heterocycles. The summed E-state index contributed by atoms with van der Waals surface area (Å²) in [5, 5.41) is 9.16. The quantitative estimate of drug-likeness (QED) is 0.920. The molecule has 1 saturated heterocycles. The standard InChI is InChI=1S/C13H17NO4S2/c1-8-4-9(2)12(10(3)5-8)20(17,18)14-7-19-6-11(14)13(15)16/h4-5,11H,6-7H2,1-3H3,(H,15,16). The van der Waals surface area contributed by atoms with E-state index in [1.54, 1.807) is 26.0 Å². The van der Waals surface area contributed by atoms with Crippen molar-refractivity contribution in [1.82, 2.24) is 4.31 Å². The topological polar surface area (TPSA) is 74.7 Å². The molecule has 5 nitrogen and oxygen atoms in total. The number of carbonyl (C=O) groups is 1. The van der Waals surface area contributed by atoms with E-state index in [1.165, 1.54) is 11.8 Å². The minimum absolute atomic E-state index is 0.187. The molecule has 1 unspecified atom stereocenters. The zero-order valence-electron chi connectivity index (χ0n) is 11.6. The van der Waals surface area contributed by atoms with Crippen LogP contribution in [0.3, 0.4) is 0 Å². The summed E-state index contributed by atoms with van der Waals surface area (Å²) in [5.41, 5.74) is 2.30. The van der Waals surface area contributed by atoms with Gasteiger partial charge in [-0.25, -0.2) is 8.42 Å². The summed E-state index contributed by atoms with van der Waals surface area (Å²) in [4.78, 5) is 11.4. The Morgan fingerprint density at radius 3 is 2.35 bits per heavy atom. The SMILES string of the molecule is Cc1cc(C)c(S(=O)(=O)N2CSCC2C(=O)O)c(C)c1. The Balaban J connectivity index is 2.54. The van der Waals surface area contributed by atoms with Gasteiger partial charge in [0, 0.05) is 5.75 Å². The third-order valence-corrected chi connectivity index (χ3v) is 6.63. The van der Waals surface area contributed by atoms with E-state index in [9.17, 15) is 13.2 Å². The van der Waals surface area contributed by atoms with Gasteiger partial charge in [0.15, 0.2) is 0 Å². The number of nitrogens with zero attached hydrogens (tertiary/aromatic N) is 1. The number of aliphatic carboxylic acids is 1. The van der Waals surface area contributed by atoms with Crippen LogP contribution in [0.5, 0.6) is 0 Å². The highest BCUT2D eigenvalue weighted by atomic mass is 32.2. The summed E-state index contributed by atoms with van der Waals surface area (Å²) in [6.07, 6.45) is 0. The van der Waals surface area contributed by atoms with Crippen LogP contribution in [0.15, 0.2) is 17.0 Å². The largest absolute Gasteiger partial charge is 0.480 e. The smallest absolute Gasteiger partial charge is 0.322 e. The maximum Gasteiger partial charge on any atom is 0.322 e. The zero-order valence-corrected chi connectivity index (χ0v) is 13.2. The fourth-order valence-electron chi connectivity index (χ4n) is 2.55. The number of carboxylic acid groups (broad SMARTS) is 1. The van der Waals surface area contributed by atoms with Gasteiger partial charge in [-0.05, 0) is 31.9 Å². The van der Waals surface area contributed by atoms with E-state index in [-0.39, 0.29) is 10.8 Å². The van der Waals surface area contributed by atoms with Gasteiger partial charge in [0.2, 0.25) is 10.0 Å². The molecule has 2 rings (SSSR count). The molecule has 1 aromatic carbocycles. The monoisotopic (exact) mass is 315 g/mol. The van der Waals surface area contributed by atoms with Crippen molar-refractivity contribution in [1.29, 1.82) is 0 Å². The molecule has 1 aromatic rings. The second kappa shape index (κ2) is 5.38. The van der Waals surface area contributed by atoms with Crippen molar-refractivity contribution >= 4 is 27.8 Å². The van der Waals surface area contributed by atoms with Gasteiger partial charge in [-0.15, -0.1) is 11.8 Å². The van der Waals surface area contributed by atoms with Gasteiger partial charge in [-0.1, -0.05) is 17.7 Å². The van der Waals surface area contributed by atoms with Gasteiger partial charge >= 0.3 is 5.97 Å². The highest BCUT2D eigenvalue weighted by molar-refractivity contribution is 8.00.